The zero-order valence-electron chi connectivity index (χ0n) is 10.9. The molecule has 0 aliphatic carbocycles. The number of ether oxygens (including phenoxy) is 1. The van der Waals surface area contributed by atoms with E-state index >= 15 is 0 Å². The van der Waals surface area contributed by atoms with Gasteiger partial charge in [-0.15, -0.1) is 0 Å². The molecule has 8 heteroatoms. The number of hydrogen-bond donors (Lipinski definition) is 0. The van der Waals surface area contributed by atoms with Crippen LogP contribution in [-0.2, 0) is 0 Å². The number of aryl methyl sites for hydroxylation is 1. The molecule has 3 rings (SSSR count). The number of fused-ring (bicyclic) bond motifs is 1. The van der Waals surface area contributed by atoms with E-state index in [2.05, 4.69) is 25.9 Å². The van der Waals surface area contributed by atoms with E-state index in [1.807, 2.05) is 0 Å². The number of nitrogens with zero attached hydrogens (tertiary/aromatic N) is 4. The Morgan fingerprint density at radius 1 is 1.43 bits per heavy atom. The number of hydrogen-bond acceptors (Lipinski definition) is 5. The summed E-state index contributed by atoms with van der Waals surface area (Å²) < 4.78 is 8.05. The molecule has 0 aliphatic rings. The van der Waals surface area contributed by atoms with E-state index in [-0.39, 0.29) is 11.6 Å². The van der Waals surface area contributed by atoms with Crippen LogP contribution in [0.3, 0.4) is 0 Å². The number of nitro benzene ring substituents is 1. The maximum absolute atomic E-state index is 10.9. The minimum atomic E-state index is -0.467. The lowest BCUT2D eigenvalue weighted by Crippen LogP contribution is -1.97. The average Bonchev–Trinajstić information content (AvgIpc) is 2.89. The molecule has 3 aromatic rings. The molecule has 106 valence electrons. The van der Waals surface area contributed by atoms with E-state index in [1.54, 1.807) is 36.0 Å². The largest absolute Gasteiger partial charge is 0.435 e. The fourth-order valence-electron chi connectivity index (χ4n) is 1.86. The molecule has 0 spiro atoms. The molecule has 0 radical (unpaired) electrons. The van der Waals surface area contributed by atoms with Crippen molar-refractivity contribution in [2.45, 2.75) is 6.92 Å². The van der Waals surface area contributed by atoms with Crippen LogP contribution >= 0.6 is 15.9 Å². The summed E-state index contributed by atoms with van der Waals surface area (Å²) in [6.45, 7) is 1.81. The lowest BCUT2D eigenvalue weighted by Gasteiger charge is -2.09. The van der Waals surface area contributed by atoms with Crippen LogP contribution in [0.15, 0.2) is 41.4 Å². The third-order valence-electron chi connectivity index (χ3n) is 2.90. The van der Waals surface area contributed by atoms with E-state index in [0.717, 1.165) is 5.56 Å². The number of imidazole rings is 1. The SMILES string of the molecule is Cc1ccc([N+](=O)[O-])cc1Oc1nc(Br)cn2ccnc12. The van der Waals surface area contributed by atoms with Gasteiger partial charge in [-0.2, -0.15) is 0 Å². The molecule has 1 aromatic carbocycles. The van der Waals surface area contributed by atoms with Crippen LogP contribution in [-0.4, -0.2) is 19.3 Å². The molecule has 0 saturated heterocycles. The van der Waals surface area contributed by atoms with E-state index in [1.165, 1.54) is 12.1 Å². The summed E-state index contributed by atoms with van der Waals surface area (Å²) in [6, 6.07) is 4.44. The zero-order chi connectivity index (χ0) is 15.0. The summed E-state index contributed by atoms with van der Waals surface area (Å²) in [5, 5.41) is 10.9. The van der Waals surface area contributed by atoms with Gasteiger partial charge in [-0.1, -0.05) is 0 Å². The van der Waals surface area contributed by atoms with Crippen LogP contribution in [0, 0.1) is 17.0 Å². The van der Waals surface area contributed by atoms with E-state index in [0.29, 0.717) is 16.0 Å². The highest BCUT2D eigenvalue weighted by Gasteiger charge is 2.14. The molecule has 7 nitrogen and oxygen atoms in total. The molecule has 2 heterocycles. The van der Waals surface area contributed by atoms with Crippen LogP contribution in [0.1, 0.15) is 5.56 Å². The predicted molar refractivity (Wildman–Crippen MR) is 78.6 cm³/mol. The van der Waals surface area contributed by atoms with Crippen molar-refractivity contribution in [2.75, 3.05) is 0 Å². The van der Waals surface area contributed by atoms with Crippen molar-refractivity contribution in [2.24, 2.45) is 0 Å². The predicted octanol–water partition coefficient (Wildman–Crippen LogP) is 3.50. The minimum Gasteiger partial charge on any atom is -0.435 e. The quantitative estimate of drug-likeness (QED) is 0.534. The number of rotatable bonds is 3. The molecule has 0 N–H and O–H groups in total. The third kappa shape index (κ3) is 2.57. The second-order valence-electron chi connectivity index (χ2n) is 4.34. The van der Waals surface area contributed by atoms with Crippen molar-refractivity contribution in [3.05, 3.63) is 57.1 Å². The molecular weight excluding hydrogens is 340 g/mol. The van der Waals surface area contributed by atoms with E-state index < -0.39 is 4.92 Å². The highest BCUT2D eigenvalue weighted by Crippen LogP contribution is 2.30. The normalized spacial score (nSPS) is 10.8. The molecule has 0 aliphatic heterocycles. The Morgan fingerprint density at radius 2 is 2.24 bits per heavy atom. The first-order chi connectivity index (χ1) is 10.0. The maximum Gasteiger partial charge on any atom is 0.273 e. The fraction of sp³-hybridized carbons (Fsp3) is 0.0769. The first-order valence-corrected chi connectivity index (χ1v) is 6.76. The van der Waals surface area contributed by atoms with Crippen LogP contribution in [0.25, 0.3) is 5.65 Å². The van der Waals surface area contributed by atoms with Crippen molar-refractivity contribution in [1.29, 1.82) is 0 Å². The third-order valence-corrected chi connectivity index (χ3v) is 3.29. The van der Waals surface area contributed by atoms with E-state index in [9.17, 15) is 10.1 Å². The average molecular weight is 349 g/mol. The minimum absolute atomic E-state index is 0.0371. The highest BCUT2D eigenvalue weighted by atomic mass is 79.9. The smallest absolute Gasteiger partial charge is 0.273 e. The molecule has 2 aromatic heterocycles. The lowest BCUT2D eigenvalue weighted by molar-refractivity contribution is -0.384. The van der Waals surface area contributed by atoms with Gasteiger partial charge in [0.1, 0.15) is 10.4 Å². The van der Waals surface area contributed by atoms with E-state index in [4.69, 9.17) is 4.74 Å². The molecular formula is C13H9BrN4O3. The number of aromatic nitrogens is 3. The molecule has 0 unspecified atom stereocenters. The number of benzene rings is 1. The Morgan fingerprint density at radius 3 is 3.00 bits per heavy atom. The number of halogens is 1. The van der Waals surface area contributed by atoms with Gasteiger partial charge in [0, 0.05) is 24.7 Å². The topological polar surface area (TPSA) is 82.6 Å². The van der Waals surface area contributed by atoms with Gasteiger partial charge in [0.05, 0.1) is 11.0 Å². The van der Waals surface area contributed by atoms with Gasteiger partial charge in [0.2, 0.25) is 5.65 Å². The maximum atomic E-state index is 10.9. The molecule has 0 bridgehead atoms. The number of non-ortho nitro benzene ring substituents is 1. The first kappa shape index (κ1) is 13.5. The Kier molecular flexibility index (Phi) is 3.30. The summed E-state index contributed by atoms with van der Waals surface area (Å²) in [4.78, 5) is 18.8. The highest BCUT2D eigenvalue weighted by molar-refractivity contribution is 9.10. The standard InChI is InChI=1S/C13H9BrN4O3/c1-8-2-3-9(18(19)20)6-10(8)21-13-12-15-4-5-17(12)7-11(14)16-13/h2-7H,1H3. The molecule has 0 atom stereocenters. The van der Waals surface area contributed by atoms with Gasteiger partial charge in [0.15, 0.2) is 0 Å². The monoisotopic (exact) mass is 348 g/mol. The van der Waals surface area contributed by atoms with Gasteiger partial charge in [-0.25, -0.2) is 9.97 Å². The zero-order valence-corrected chi connectivity index (χ0v) is 12.4. The first-order valence-electron chi connectivity index (χ1n) is 5.97. The van der Waals surface area contributed by atoms with Crippen molar-refractivity contribution < 1.29 is 9.66 Å². The van der Waals surface area contributed by atoms with Gasteiger partial charge < -0.3 is 4.74 Å². The summed E-state index contributed by atoms with van der Waals surface area (Å²) in [5.41, 5.74) is 1.26. The summed E-state index contributed by atoms with van der Waals surface area (Å²) in [7, 11) is 0. The molecule has 0 amide bonds. The second-order valence-corrected chi connectivity index (χ2v) is 5.15. The molecule has 21 heavy (non-hydrogen) atoms. The second kappa shape index (κ2) is 5.13. The Balaban J connectivity index is 2.08. The summed E-state index contributed by atoms with van der Waals surface area (Å²) in [5.74, 6) is 0.651. The van der Waals surface area contributed by atoms with Crippen molar-refractivity contribution >= 4 is 27.3 Å². The van der Waals surface area contributed by atoms with Crippen molar-refractivity contribution in [1.82, 2.24) is 14.4 Å². The fourth-order valence-corrected chi connectivity index (χ4v) is 2.24. The van der Waals surface area contributed by atoms with Crippen LogP contribution in [0.2, 0.25) is 0 Å². The Labute approximate surface area is 127 Å². The van der Waals surface area contributed by atoms with Gasteiger partial charge in [-0.05, 0) is 34.5 Å². The van der Waals surface area contributed by atoms with Gasteiger partial charge in [0.25, 0.3) is 11.6 Å². The molecule has 0 fully saturated rings. The van der Waals surface area contributed by atoms with Crippen LogP contribution in [0.4, 0.5) is 5.69 Å². The Hall–Kier alpha value is -2.48. The Bertz CT molecular complexity index is 847. The summed E-state index contributed by atoms with van der Waals surface area (Å²) in [6.07, 6.45) is 5.13. The van der Waals surface area contributed by atoms with Gasteiger partial charge >= 0.3 is 0 Å². The molecule has 0 saturated carbocycles. The lowest BCUT2D eigenvalue weighted by atomic mass is 10.2. The van der Waals surface area contributed by atoms with Crippen molar-refractivity contribution in [3.8, 4) is 11.6 Å². The van der Waals surface area contributed by atoms with Crippen LogP contribution < -0.4 is 4.74 Å². The van der Waals surface area contributed by atoms with Crippen molar-refractivity contribution in [3.63, 3.8) is 0 Å². The van der Waals surface area contributed by atoms with Gasteiger partial charge in [-0.3, -0.25) is 14.5 Å². The number of nitro groups is 1. The van der Waals surface area contributed by atoms with Crippen LogP contribution in [0.5, 0.6) is 11.6 Å². The summed E-state index contributed by atoms with van der Waals surface area (Å²) >= 11 is 3.29.